The number of nitrogens with one attached hydrogen (secondary N) is 1. The first kappa shape index (κ1) is 16.1. The first-order valence-corrected chi connectivity index (χ1v) is 7.89. The monoisotopic (exact) mass is 316 g/mol. The molecule has 0 saturated heterocycles. The maximum absolute atomic E-state index is 9.14. The van der Waals surface area contributed by atoms with Gasteiger partial charge in [-0.15, -0.1) is 0 Å². The highest BCUT2D eigenvalue weighted by atomic mass is 35.5. The summed E-state index contributed by atoms with van der Waals surface area (Å²) in [5.74, 6) is 0. The summed E-state index contributed by atoms with van der Waals surface area (Å²) in [5, 5.41) is 13.7. The van der Waals surface area contributed by atoms with Gasteiger partial charge in [-0.05, 0) is 37.9 Å². The van der Waals surface area contributed by atoms with Gasteiger partial charge >= 0.3 is 0 Å². The molecule has 0 radical (unpaired) electrons. The first-order valence-electron chi connectivity index (χ1n) is 7.13. The summed E-state index contributed by atoms with van der Waals surface area (Å²) in [6, 6.07) is 6.60. The van der Waals surface area contributed by atoms with E-state index in [-0.39, 0.29) is 12.6 Å². The van der Waals surface area contributed by atoms with Crippen LogP contribution in [0.4, 0.5) is 0 Å². The molecule has 2 rings (SSSR count). The van der Waals surface area contributed by atoms with Gasteiger partial charge in [-0.1, -0.05) is 35.3 Å². The standard InChI is InChI=1S/C15H22Cl2N2O/c1-18-14(12-3-2-4-13(16)15(12)17)7-8-19(9-10-20)11-5-6-11/h2-4,11,14,18,20H,5-10H2,1H3. The molecule has 5 heteroatoms. The molecule has 3 nitrogen and oxygen atoms in total. The van der Waals surface area contributed by atoms with Crippen molar-refractivity contribution in [3.63, 3.8) is 0 Å². The topological polar surface area (TPSA) is 35.5 Å². The molecule has 20 heavy (non-hydrogen) atoms. The zero-order valence-electron chi connectivity index (χ0n) is 11.8. The SMILES string of the molecule is CNC(CCN(CCO)C1CC1)c1cccc(Cl)c1Cl. The van der Waals surface area contributed by atoms with Crippen LogP contribution in [0.5, 0.6) is 0 Å². The van der Waals surface area contributed by atoms with Gasteiger partial charge in [-0.25, -0.2) is 0 Å². The van der Waals surface area contributed by atoms with E-state index in [9.17, 15) is 0 Å². The Balaban J connectivity index is 1.99. The lowest BCUT2D eigenvalue weighted by Crippen LogP contribution is -2.32. The van der Waals surface area contributed by atoms with Crippen molar-refractivity contribution in [2.24, 2.45) is 0 Å². The molecule has 1 atom stereocenters. The third-order valence-corrected chi connectivity index (χ3v) is 4.69. The molecule has 0 spiro atoms. The Morgan fingerprint density at radius 3 is 2.70 bits per heavy atom. The zero-order valence-corrected chi connectivity index (χ0v) is 13.3. The number of aliphatic hydroxyl groups is 1. The second kappa shape index (κ2) is 7.62. The summed E-state index contributed by atoms with van der Waals surface area (Å²) in [7, 11) is 1.94. The van der Waals surface area contributed by atoms with Gasteiger partial charge in [0, 0.05) is 25.2 Å². The smallest absolute Gasteiger partial charge is 0.0640 e. The van der Waals surface area contributed by atoms with Crippen molar-refractivity contribution in [1.82, 2.24) is 10.2 Å². The molecule has 0 heterocycles. The second-order valence-corrected chi connectivity index (χ2v) is 6.05. The molecule has 1 fully saturated rings. The lowest BCUT2D eigenvalue weighted by Gasteiger charge is -2.25. The Hall–Kier alpha value is -0.320. The highest BCUT2D eigenvalue weighted by molar-refractivity contribution is 6.42. The maximum Gasteiger partial charge on any atom is 0.0640 e. The molecule has 1 saturated carbocycles. The van der Waals surface area contributed by atoms with Crippen LogP contribution in [-0.4, -0.2) is 42.8 Å². The van der Waals surface area contributed by atoms with Crippen molar-refractivity contribution in [3.8, 4) is 0 Å². The van der Waals surface area contributed by atoms with Gasteiger partial charge in [0.15, 0.2) is 0 Å². The molecule has 112 valence electrons. The van der Waals surface area contributed by atoms with E-state index in [2.05, 4.69) is 10.2 Å². The van der Waals surface area contributed by atoms with E-state index in [0.717, 1.165) is 25.1 Å². The molecule has 0 amide bonds. The van der Waals surface area contributed by atoms with Gasteiger partial charge in [-0.3, -0.25) is 4.90 Å². The van der Waals surface area contributed by atoms with Crippen LogP contribution in [0.3, 0.4) is 0 Å². The Labute approximate surface area is 130 Å². The van der Waals surface area contributed by atoms with Crippen LogP contribution in [0.1, 0.15) is 30.9 Å². The number of rotatable bonds is 8. The molecule has 1 aromatic rings. The third-order valence-electron chi connectivity index (χ3n) is 3.86. The lowest BCUT2D eigenvalue weighted by atomic mass is 10.0. The largest absolute Gasteiger partial charge is 0.395 e. The fourth-order valence-electron chi connectivity index (χ4n) is 2.58. The number of hydrogen-bond donors (Lipinski definition) is 2. The zero-order chi connectivity index (χ0) is 14.5. The highest BCUT2D eigenvalue weighted by Crippen LogP contribution is 2.32. The van der Waals surface area contributed by atoms with Crippen LogP contribution < -0.4 is 5.32 Å². The second-order valence-electron chi connectivity index (χ2n) is 5.26. The quantitative estimate of drug-likeness (QED) is 0.773. The van der Waals surface area contributed by atoms with E-state index in [1.165, 1.54) is 12.8 Å². The molecule has 1 aliphatic carbocycles. The van der Waals surface area contributed by atoms with E-state index < -0.39 is 0 Å². The van der Waals surface area contributed by atoms with Crippen LogP contribution in [0.2, 0.25) is 10.0 Å². The van der Waals surface area contributed by atoms with Crippen molar-refractivity contribution >= 4 is 23.2 Å². The minimum Gasteiger partial charge on any atom is -0.395 e. The molecule has 0 bridgehead atoms. The Morgan fingerprint density at radius 1 is 1.35 bits per heavy atom. The fourth-order valence-corrected chi connectivity index (χ4v) is 3.02. The van der Waals surface area contributed by atoms with Crippen molar-refractivity contribution in [3.05, 3.63) is 33.8 Å². The summed E-state index contributed by atoms with van der Waals surface area (Å²) in [5.41, 5.74) is 1.04. The molecular weight excluding hydrogens is 295 g/mol. The molecule has 0 aliphatic heterocycles. The minimum absolute atomic E-state index is 0.182. The molecule has 1 unspecified atom stereocenters. The summed E-state index contributed by atoms with van der Waals surface area (Å²) in [4.78, 5) is 2.36. The van der Waals surface area contributed by atoms with Gasteiger partial charge in [-0.2, -0.15) is 0 Å². The average Bonchev–Trinajstić information content (AvgIpc) is 3.27. The van der Waals surface area contributed by atoms with Crippen LogP contribution in [0.15, 0.2) is 18.2 Å². The lowest BCUT2D eigenvalue weighted by molar-refractivity contribution is 0.183. The van der Waals surface area contributed by atoms with Gasteiger partial charge in [0.1, 0.15) is 0 Å². The van der Waals surface area contributed by atoms with Gasteiger partial charge in [0.2, 0.25) is 0 Å². The van der Waals surface area contributed by atoms with Crippen LogP contribution in [-0.2, 0) is 0 Å². The van der Waals surface area contributed by atoms with Crippen molar-refractivity contribution < 1.29 is 5.11 Å². The van der Waals surface area contributed by atoms with Crippen molar-refractivity contribution in [2.75, 3.05) is 26.7 Å². The molecule has 1 aliphatic rings. The molecule has 2 N–H and O–H groups in total. The number of aliphatic hydroxyl groups excluding tert-OH is 1. The third kappa shape index (κ3) is 4.09. The first-order chi connectivity index (χ1) is 9.67. The number of benzene rings is 1. The normalized spacial score (nSPS) is 16.6. The fraction of sp³-hybridized carbons (Fsp3) is 0.600. The van der Waals surface area contributed by atoms with Crippen LogP contribution in [0.25, 0.3) is 0 Å². The van der Waals surface area contributed by atoms with Gasteiger partial charge < -0.3 is 10.4 Å². The van der Waals surface area contributed by atoms with Crippen molar-refractivity contribution in [1.29, 1.82) is 0 Å². The Bertz CT molecular complexity index is 438. The van der Waals surface area contributed by atoms with Gasteiger partial charge in [0.05, 0.1) is 16.7 Å². The maximum atomic E-state index is 9.14. The number of nitrogens with zero attached hydrogens (tertiary/aromatic N) is 1. The molecule has 1 aromatic carbocycles. The average molecular weight is 317 g/mol. The Kier molecular flexibility index (Phi) is 6.12. The predicted molar refractivity (Wildman–Crippen MR) is 84.6 cm³/mol. The molecular formula is C15H22Cl2N2O. The van der Waals surface area contributed by atoms with Crippen molar-refractivity contribution in [2.45, 2.75) is 31.3 Å². The molecule has 0 aromatic heterocycles. The summed E-state index contributed by atoms with van der Waals surface area (Å²) in [6.07, 6.45) is 3.46. The minimum atomic E-state index is 0.182. The summed E-state index contributed by atoms with van der Waals surface area (Å²) >= 11 is 12.4. The van der Waals surface area contributed by atoms with E-state index in [4.69, 9.17) is 28.3 Å². The summed E-state index contributed by atoms with van der Waals surface area (Å²) < 4.78 is 0. The summed E-state index contributed by atoms with van der Waals surface area (Å²) in [6.45, 7) is 1.93. The predicted octanol–water partition coefficient (Wildman–Crippen LogP) is 3.10. The van der Waals surface area contributed by atoms with E-state index in [1.54, 1.807) is 0 Å². The van der Waals surface area contributed by atoms with Crippen LogP contribution >= 0.6 is 23.2 Å². The van der Waals surface area contributed by atoms with Gasteiger partial charge in [0.25, 0.3) is 0 Å². The van der Waals surface area contributed by atoms with E-state index in [0.29, 0.717) is 16.1 Å². The number of hydrogen-bond acceptors (Lipinski definition) is 3. The van der Waals surface area contributed by atoms with E-state index >= 15 is 0 Å². The van der Waals surface area contributed by atoms with Crippen LogP contribution in [0, 0.1) is 0 Å². The Morgan fingerprint density at radius 2 is 2.10 bits per heavy atom. The van der Waals surface area contributed by atoms with E-state index in [1.807, 2.05) is 25.2 Å². The number of halogens is 2. The highest BCUT2D eigenvalue weighted by Gasteiger charge is 2.28.